The summed E-state index contributed by atoms with van der Waals surface area (Å²) in [6.07, 6.45) is 16.5. The Balaban J connectivity index is 4.41. The lowest BCUT2D eigenvalue weighted by molar-refractivity contribution is -0.143. The van der Waals surface area contributed by atoms with Gasteiger partial charge >= 0.3 is 5.97 Å². The van der Waals surface area contributed by atoms with Gasteiger partial charge in [0.25, 0.3) is 0 Å². The molecule has 0 aliphatic carbocycles. The van der Waals surface area contributed by atoms with Crippen LogP contribution in [-0.4, -0.2) is 105 Å². The van der Waals surface area contributed by atoms with E-state index in [9.17, 15) is 24.6 Å². The smallest absolute Gasteiger partial charge is 0.328 e. The molecule has 11 nitrogen and oxygen atoms in total. The maximum atomic E-state index is 12.9. The van der Waals surface area contributed by atoms with Gasteiger partial charge in [0, 0.05) is 11.5 Å². The van der Waals surface area contributed by atoms with Gasteiger partial charge in [0.15, 0.2) is 0 Å². The van der Waals surface area contributed by atoms with Gasteiger partial charge in [-0.05, 0) is 13.0 Å². The number of carbonyl (C=O) groups is 3. The third-order valence-corrected chi connectivity index (χ3v) is 7.85. The van der Waals surface area contributed by atoms with E-state index in [1.165, 1.54) is 82.4 Å². The first-order chi connectivity index (χ1) is 19.3. The largest absolute Gasteiger partial charge is 0.480 e. The first kappa shape index (κ1) is 38.6. The van der Waals surface area contributed by atoms with E-state index in [2.05, 4.69) is 22.9 Å². The van der Waals surface area contributed by atoms with Gasteiger partial charge in [-0.1, -0.05) is 90.4 Å². The van der Waals surface area contributed by atoms with Crippen molar-refractivity contribution < 1.29 is 39.9 Å². The number of carboxylic acids is 1. The highest BCUT2D eigenvalue weighted by Crippen LogP contribution is 2.13. The van der Waals surface area contributed by atoms with Gasteiger partial charge in [0.05, 0.1) is 32.0 Å². The highest BCUT2D eigenvalue weighted by Gasteiger charge is 2.28. The number of rotatable bonds is 28. The van der Waals surface area contributed by atoms with Crippen LogP contribution >= 0.6 is 11.8 Å². The number of nitrogens with one attached hydrogen (secondary N) is 3. The molecular formula is C28H55N3O8S. The minimum Gasteiger partial charge on any atom is -0.480 e. The third kappa shape index (κ3) is 20.4. The molecule has 2 amide bonds. The summed E-state index contributed by atoms with van der Waals surface area (Å²) >= 11 is 1.26. The Morgan fingerprint density at radius 3 is 1.52 bits per heavy atom. The number of amides is 2. The van der Waals surface area contributed by atoms with Gasteiger partial charge in [-0.3, -0.25) is 9.59 Å². The fourth-order valence-corrected chi connectivity index (χ4v) is 5.14. The minimum absolute atomic E-state index is 0.224. The number of carbonyl (C=O) groups excluding carboxylic acids is 2. The normalized spacial score (nSPS) is 14.3. The second kappa shape index (κ2) is 26.5. The van der Waals surface area contributed by atoms with E-state index in [1.807, 2.05) is 0 Å². The van der Waals surface area contributed by atoms with Crippen LogP contribution in [0.3, 0.4) is 0 Å². The lowest BCUT2D eigenvalue weighted by Gasteiger charge is -2.23. The van der Waals surface area contributed by atoms with Crippen molar-refractivity contribution in [3.63, 3.8) is 0 Å². The van der Waals surface area contributed by atoms with E-state index in [0.717, 1.165) is 19.3 Å². The first-order valence-corrected chi connectivity index (χ1v) is 16.1. The second-order valence-electron chi connectivity index (χ2n) is 10.3. The molecule has 40 heavy (non-hydrogen) atoms. The highest BCUT2D eigenvalue weighted by molar-refractivity contribution is 7.99. The molecule has 0 radical (unpaired) electrons. The summed E-state index contributed by atoms with van der Waals surface area (Å²) in [7, 11) is 0. The molecule has 0 aliphatic heterocycles. The van der Waals surface area contributed by atoms with Gasteiger partial charge in [-0.2, -0.15) is 11.8 Å². The van der Waals surface area contributed by atoms with Crippen LogP contribution in [0.25, 0.3) is 0 Å². The summed E-state index contributed by atoms with van der Waals surface area (Å²) in [6.45, 7) is 0.833. The van der Waals surface area contributed by atoms with E-state index in [1.54, 1.807) is 0 Å². The summed E-state index contributed by atoms with van der Waals surface area (Å²) in [5.41, 5.74) is 0. The fourth-order valence-electron chi connectivity index (χ4n) is 4.12. The summed E-state index contributed by atoms with van der Waals surface area (Å²) in [5, 5.41) is 53.9. The van der Waals surface area contributed by atoms with Crippen LogP contribution in [0, 0.1) is 0 Å². The zero-order valence-corrected chi connectivity index (χ0v) is 25.1. The SMILES string of the molecule is CCCCCCCCCCCCCCCCNC(CSCC(O)CO)C(=O)NC(CO)C(=O)NC(CO)C(=O)O. The van der Waals surface area contributed by atoms with Crippen LogP contribution in [0.1, 0.15) is 96.8 Å². The zero-order chi connectivity index (χ0) is 30.0. The highest BCUT2D eigenvalue weighted by atomic mass is 32.2. The molecule has 0 aromatic carbocycles. The number of hydrogen-bond acceptors (Lipinski definition) is 9. The van der Waals surface area contributed by atoms with Crippen molar-refractivity contribution in [1.29, 1.82) is 0 Å². The zero-order valence-electron chi connectivity index (χ0n) is 24.3. The average Bonchev–Trinajstić information content (AvgIpc) is 2.94. The molecule has 8 N–H and O–H groups in total. The number of thioether (sulfide) groups is 1. The number of aliphatic carboxylic acids is 1. The van der Waals surface area contributed by atoms with Crippen LogP contribution in [0.2, 0.25) is 0 Å². The number of hydrogen-bond donors (Lipinski definition) is 8. The molecule has 0 rings (SSSR count). The standard InChI is InChI=1S/C28H55N3O8S/c1-2-3-4-5-6-7-8-9-10-11-12-13-14-15-16-29-25(21-40-20-22(35)17-32)27(37)30-23(18-33)26(36)31-24(19-34)28(38)39/h22-25,29,32-35H,2-21H2,1H3,(H,30,37)(H,31,36)(H,38,39). The maximum absolute atomic E-state index is 12.9. The number of unbranched alkanes of at least 4 members (excludes halogenated alkanes) is 13. The van der Waals surface area contributed by atoms with E-state index in [-0.39, 0.29) is 11.5 Å². The molecule has 0 bridgehead atoms. The van der Waals surface area contributed by atoms with E-state index >= 15 is 0 Å². The van der Waals surface area contributed by atoms with Crippen LogP contribution in [-0.2, 0) is 14.4 Å². The molecule has 0 aromatic heterocycles. The lowest BCUT2D eigenvalue weighted by Crippen LogP contribution is -2.57. The lowest BCUT2D eigenvalue weighted by atomic mass is 10.0. The first-order valence-electron chi connectivity index (χ1n) is 15.0. The van der Waals surface area contributed by atoms with Gasteiger partial charge < -0.3 is 41.5 Å². The summed E-state index contributed by atoms with van der Waals surface area (Å²) in [6, 6.07) is -3.67. The van der Waals surface area contributed by atoms with Crippen molar-refractivity contribution in [3.05, 3.63) is 0 Å². The van der Waals surface area contributed by atoms with Crippen molar-refractivity contribution >= 4 is 29.5 Å². The number of carboxylic acid groups (broad SMARTS) is 1. The van der Waals surface area contributed by atoms with Crippen LogP contribution in [0.5, 0.6) is 0 Å². The predicted molar refractivity (Wildman–Crippen MR) is 158 cm³/mol. The Hall–Kier alpha value is -1.44. The molecule has 0 aromatic rings. The van der Waals surface area contributed by atoms with E-state index in [0.29, 0.717) is 6.54 Å². The fraction of sp³-hybridized carbons (Fsp3) is 0.893. The van der Waals surface area contributed by atoms with Crippen molar-refractivity contribution in [3.8, 4) is 0 Å². The third-order valence-electron chi connectivity index (χ3n) is 6.66. The Morgan fingerprint density at radius 1 is 0.625 bits per heavy atom. The summed E-state index contributed by atoms with van der Waals surface area (Å²) < 4.78 is 0. The molecule has 0 aliphatic rings. The van der Waals surface area contributed by atoms with Crippen molar-refractivity contribution in [2.24, 2.45) is 0 Å². The van der Waals surface area contributed by atoms with E-state index < -0.39 is 61.8 Å². The van der Waals surface area contributed by atoms with Crippen LogP contribution in [0.4, 0.5) is 0 Å². The van der Waals surface area contributed by atoms with Gasteiger partial charge in [0.1, 0.15) is 12.1 Å². The molecule has 4 atom stereocenters. The minimum atomic E-state index is -1.55. The molecule has 4 unspecified atom stereocenters. The average molecular weight is 594 g/mol. The monoisotopic (exact) mass is 593 g/mol. The molecule has 0 saturated heterocycles. The van der Waals surface area contributed by atoms with Crippen molar-refractivity contribution in [2.45, 2.75) is 121 Å². The Morgan fingerprint density at radius 2 is 1.07 bits per heavy atom. The molecule has 0 saturated carbocycles. The molecule has 236 valence electrons. The van der Waals surface area contributed by atoms with Crippen molar-refractivity contribution in [2.75, 3.05) is 37.9 Å². The molecule has 0 heterocycles. The molecule has 12 heteroatoms. The summed E-state index contributed by atoms with van der Waals surface area (Å²) in [4.78, 5) is 36.2. The maximum Gasteiger partial charge on any atom is 0.328 e. The van der Waals surface area contributed by atoms with Gasteiger partial charge in [0.2, 0.25) is 11.8 Å². The topological polar surface area (TPSA) is 188 Å². The molecule has 0 fully saturated rings. The van der Waals surface area contributed by atoms with Crippen LogP contribution < -0.4 is 16.0 Å². The number of aliphatic hydroxyl groups is 4. The predicted octanol–water partition coefficient (Wildman–Crippen LogP) is 1.55. The quantitative estimate of drug-likeness (QED) is 0.0618. The Labute approximate surface area is 244 Å². The van der Waals surface area contributed by atoms with E-state index in [4.69, 9.17) is 15.3 Å². The number of aliphatic hydroxyl groups excluding tert-OH is 4. The molecular weight excluding hydrogens is 538 g/mol. The van der Waals surface area contributed by atoms with Crippen LogP contribution in [0.15, 0.2) is 0 Å². The Kier molecular flexibility index (Phi) is 25.5. The molecule has 0 spiro atoms. The van der Waals surface area contributed by atoms with Crippen molar-refractivity contribution in [1.82, 2.24) is 16.0 Å². The summed E-state index contributed by atoms with van der Waals surface area (Å²) in [5.74, 6) is -2.44. The van der Waals surface area contributed by atoms with Gasteiger partial charge in [-0.25, -0.2) is 4.79 Å². The second-order valence-corrected chi connectivity index (χ2v) is 11.4. The Bertz CT molecular complexity index is 659. The van der Waals surface area contributed by atoms with Gasteiger partial charge in [-0.15, -0.1) is 0 Å².